The zero-order chi connectivity index (χ0) is 18.4. The molecule has 25 heavy (non-hydrogen) atoms. The molecule has 0 saturated carbocycles. The second-order valence-corrected chi connectivity index (χ2v) is 6.56. The maximum atomic E-state index is 12.1. The number of likely N-dealkylation sites (N-methyl/N-ethyl adjacent to an activating group) is 1. The van der Waals surface area contributed by atoms with Gasteiger partial charge in [0.1, 0.15) is 12.4 Å². The van der Waals surface area contributed by atoms with Crippen LogP contribution in [0.3, 0.4) is 0 Å². The van der Waals surface area contributed by atoms with Crippen LogP contribution in [0.4, 0.5) is 0 Å². The summed E-state index contributed by atoms with van der Waals surface area (Å²) in [5, 5.41) is 2.53. The third-order valence-corrected chi connectivity index (χ3v) is 3.94. The van der Waals surface area contributed by atoms with Crippen LogP contribution in [0.5, 0.6) is 5.75 Å². The third kappa shape index (κ3) is 5.94. The smallest absolute Gasteiger partial charge is 0.287 e. The van der Waals surface area contributed by atoms with E-state index in [4.69, 9.17) is 9.15 Å². The first-order chi connectivity index (χ1) is 11.8. The maximum Gasteiger partial charge on any atom is 0.287 e. The standard InChI is InChI=1S/C18H21BrN2O4/c1-12-8-13(2)10-14(9-12)24-7-6-21(3)17(22)11-20-18(23)15-4-5-16(19)25-15/h4-5,8-10H,6-7,11H2,1-3H3,(H,20,23). The molecule has 134 valence electrons. The van der Waals surface area contributed by atoms with Gasteiger partial charge in [0.05, 0.1) is 13.1 Å². The first-order valence-corrected chi connectivity index (χ1v) is 8.63. The van der Waals surface area contributed by atoms with Crippen LogP contribution in [0.25, 0.3) is 0 Å². The summed E-state index contributed by atoms with van der Waals surface area (Å²) >= 11 is 3.12. The number of benzene rings is 1. The van der Waals surface area contributed by atoms with Crippen molar-refractivity contribution in [3.63, 3.8) is 0 Å². The average Bonchev–Trinajstić information content (AvgIpc) is 2.97. The number of aryl methyl sites for hydroxylation is 2. The Morgan fingerprint density at radius 2 is 1.88 bits per heavy atom. The number of carbonyl (C=O) groups excluding carboxylic acids is 2. The molecule has 1 aromatic carbocycles. The van der Waals surface area contributed by atoms with Gasteiger partial charge in [0.2, 0.25) is 5.91 Å². The first-order valence-electron chi connectivity index (χ1n) is 7.84. The Balaban J connectivity index is 1.73. The van der Waals surface area contributed by atoms with Crippen LogP contribution < -0.4 is 10.1 Å². The van der Waals surface area contributed by atoms with E-state index in [1.807, 2.05) is 26.0 Å². The summed E-state index contributed by atoms with van der Waals surface area (Å²) in [7, 11) is 1.67. The Hall–Kier alpha value is -2.28. The molecule has 6 nitrogen and oxygen atoms in total. The molecule has 0 atom stereocenters. The molecule has 2 rings (SSSR count). The molecule has 0 spiro atoms. The molecule has 1 aromatic heterocycles. The predicted molar refractivity (Wildman–Crippen MR) is 97.8 cm³/mol. The molecule has 1 N–H and O–H groups in total. The molecule has 0 fully saturated rings. The SMILES string of the molecule is Cc1cc(C)cc(OCCN(C)C(=O)CNC(=O)c2ccc(Br)o2)c1. The summed E-state index contributed by atoms with van der Waals surface area (Å²) in [6, 6.07) is 9.13. The molecule has 0 saturated heterocycles. The first kappa shape index (κ1) is 19.1. The van der Waals surface area contributed by atoms with Gasteiger partial charge in [-0.25, -0.2) is 0 Å². The summed E-state index contributed by atoms with van der Waals surface area (Å²) in [4.78, 5) is 25.4. The normalized spacial score (nSPS) is 10.4. The van der Waals surface area contributed by atoms with Crippen LogP contribution in [0.1, 0.15) is 21.7 Å². The zero-order valence-corrected chi connectivity index (χ0v) is 16.1. The molecule has 0 aliphatic rings. The lowest BCUT2D eigenvalue weighted by atomic mass is 10.1. The Labute approximate surface area is 155 Å². The van der Waals surface area contributed by atoms with Gasteiger partial charge in [-0.05, 0) is 65.2 Å². The lowest BCUT2D eigenvalue weighted by Crippen LogP contribution is -2.39. The number of ether oxygens (including phenoxy) is 1. The molecule has 0 aliphatic heterocycles. The molecular weight excluding hydrogens is 388 g/mol. The van der Waals surface area contributed by atoms with E-state index in [1.54, 1.807) is 13.1 Å². The van der Waals surface area contributed by atoms with Crippen molar-refractivity contribution >= 4 is 27.7 Å². The van der Waals surface area contributed by atoms with Gasteiger partial charge >= 0.3 is 0 Å². The minimum atomic E-state index is -0.432. The van der Waals surface area contributed by atoms with Crippen LogP contribution in [-0.2, 0) is 4.79 Å². The van der Waals surface area contributed by atoms with E-state index >= 15 is 0 Å². The molecule has 0 unspecified atom stereocenters. The molecule has 2 amide bonds. The van der Waals surface area contributed by atoms with Crippen molar-refractivity contribution in [3.8, 4) is 5.75 Å². The average molecular weight is 409 g/mol. The predicted octanol–water partition coefficient (Wildman–Crippen LogP) is 2.93. The molecule has 1 heterocycles. The van der Waals surface area contributed by atoms with Gasteiger partial charge in [0, 0.05) is 7.05 Å². The monoisotopic (exact) mass is 408 g/mol. The molecule has 0 radical (unpaired) electrons. The van der Waals surface area contributed by atoms with Crippen LogP contribution in [0.2, 0.25) is 0 Å². The quantitative estimate of drug-likeness (QED) is 0.764. The number of rotatable bonds is 7. The summed E-state index contributed by atoms with van der Waals surface area (Å²) in [5.74, 6) is 0.303. The van der Waals surface area contributed by atoms with Crippen LogP contribution >= 0.6 is 15.9 Å². The second-order valence-electron chi connectivity index (χ2n) is 5.77. The zero-order valence-electron chi connectivity index (χ0n) is 14.5. The van der Waals surface area contributed by atoms with Crippen molar-refractivity contribution in [3.05, 3.63) is 51.9 Å². The van der Waals surface area contributed by atoms with Crippen molar-refractivity contribution in [2.45, 2.75) is 13.8 Å². The highest BCUT2D eigenvalue weighted by Crippen LogP contribution is 2.16. The van der Waals surface area contributed by atoms with Gasteiger partial charge in [-0.3, -0.25) is 9.59 Å². The number of furan rings is 1. The summed E-state index contributed by atoms with van der Waals surface area (Å²) in [6.45, 7) is 4.72. The lowest BCUT2D eigenvalue weighted by molar-refractivity contribution is -0.129. The number of halogens is 1. The van der Waals surface area contributed by atoms with Crippen LogP contribution in [-0.4, -0.2) is 43.5 Å². The number of nitrogens with one attached hydrogen (secondary N) is 1. The van der Waals surface area contributed by atoms with E-state index in [-0.39, 0.29) is 18.2 Å². The fourth-order valence-electron chi connectivity index (χ4n) is 2.26. The van der Waals surface area contributed by atoms with Crippen molar-refractivity contribution in [1.29, 1.82) is 0 Å². The summed E-state index contributed by atoms with van der Waals surface area (Å²) < 4.78 is 11.3. The van der Waals surface area contributed by atoms with E-state index in [1.165, 1.54) is 11.0 Å². The third-order valence-electron chi connectivity index (χ3n) is 3.51. The largest absolute Gasteiger partial charge is 0.492 e. The topological polar surface area (TPSA) is 71.8 Å². The second kappa shape index (κ2) is 8.71. The van der Waals surface area contributed by atoms with E-state index in [0.717, 1.165) is 16.9 Å². The highest BCUT2D eigenvalue weighted by Gasteiger charge is 2.14. The Morgan fingerprint density at radius 1 is 1.20 bits per heavy atom. The van der Waals surface area contributed by atoms with Gasteiger partial charge in [0.15, 0.2) is 10.4 Å². The lowest BCUT2D eigenvalue weighted by Gasteiger charge is -2.18. The molecule has 7 heteroatoms. The molecular formula is C18H21BrN2O4. The van der Waals surface area contributed by atoms with Crippen LogP contribution in [0.15, 0.2) is 39.4 Å². The minimum absolute atomic E-state index is 0.1000. The van der Waals surface area contributed by atoms with Gasteiger partial charge in [-0.1, -0.05) is 6.07 Å². The van der Waals surface area contributed by atoms with Crippen molar-refractivity contribution in [1.82, 2.24) is 10.2 Å². The van der Waals surface area contributed by atoms with Gasteiger partial charge in [-0.2, -0.15) is 0 Å². The number of hydrogen-bond donors (Lipinski definition) is 1. The van der Waals surface area contributed by atoms with E-state index in [9.17, 15) is 9.59 Å². The highest BCUT2D eigenvalue weighted by molar-refractivity contribution is 9.10. The van der Waals surface area contributed by atoms with Crippen molar-refractivity contribution in [2.24, 2.45) is 0 Å². The highest BCUT2D eigenvalue weighted by atomic mass is 79.9. The Bertz CT molecular complexity index is 737. The molecule has 0 bridgehead atoms. The molecule has 2 aromatic rings. The fraction of sp³-hybridized carbons (Fsp3) is 0.333. The summed E-state index contributed by atoms with van der Waals surface area (Å²) in [5.41, 5.74) is 2.26. The maximum absolute atomic E-state index is 12.1. The minimum Gasteiger partial charge on any atom is -0.492 e. The number of nitrogens with zero attached hydrogens (tertiary/aromatic N) is 1. The van der Waals surface area contributed by atoms with E-state index in [0.29, 0.717) is 17.8 Å². The van der Waals surface area contributed by atoms with Gasteiger partial charge in [-0.15, -0.1) is 0 Å². The number of hydrogen-bond acceptors (Lipinski definition) is 4. The van der Waals surface area contributed by atoms with E-state index in [2.05, 4.69) is 27.3 Å². The van der Waals surface area contributed by atoms with E-state index < -0.39 is 5.91 Å². The van der Waals surface area contributed by atoms with Gasteiger partial charge in [0.25, 0.3) is 5.91 Å². The number of amides is 2. The van der Waals surface area contributed by atoms with Crippen LogP contribution in [0, 0.1) is 13.8 Å². The van der Waals surface area contributed by atoms with Crippen molar-refractivity contribution < 1.29 is 18.7 Å². The van der Waals surface area contributed by atoms with Gasteiger partial charge < -0.3 is 19.4 Å². The Morgan fingerprint density at radius 3 is 2.48 bits per heavy atom. The fourth-order valence-corrected chi connectivity index (χ4v) is 2.56. The summed E-state index contributed by atoms with van der Waals surface area (Å²) in [6.07, 6.45) is 0. The van der Waals surface area contributed by atoms with Crippen molar-refractivity contribution in [2.75, 3.05) is 26.7 Å². The molecule has 0 aliphatic carbocycles. The number of carbonyl (C=O) groups is 2. The Kier molecular flexibility index (Phi) is 6.64.